The fourth-order valence-electron chi connectivity index (χ4n) is 2.12. The van der Waals surface area contributed by atoms with Crippen LogP contribution >= 0.6 is 0 Å². The third-order valence-electron chi connectivity index (χ3n) is 2.74. The zero-order chi connectivity index (χ0) is 7.68. The quantitative estimate of drug-likeness (QED) is 0.461. The number of hydrogen-bond donors (Lipinski definition) is 0. The van der Waals surface area contributed by atoms with E-state index in [1.165, 1.54) is 12.8 Å². The van der Waals surface area contributed by atoms with Gasteiger partial charge >= 0.3 is 0 Å². The van der Waals surface area contributed by atoms with E-state index >= 15 is 0 Å². The van der Waals surface area contributed by atoms with Gasteiger partial charge in [-0.2, -0.15) is 0 Å². The van der Waals surface area contributed by atoms with E-state index in [9.17, 15) is 0 Å². The summed E-state index contributed by atoms with van der Waals surface area (Å²) in [6.45, 7) is 2.16. The van der Waals surface area contributed by atoms with Crippen LogP contribution in [0.25, 0.3) is 0 Å². The standard InChI is InChI=1S/C11H14/c1-2-10-7-9-5-3-4-6-11(10)8-9/h2-6,9,11H,7-8H2,1H3/b10-2-. The summed E-state index contributed by atoms with van der Waals surface area (Å²) in [4.78, 5) is 0. The smallest absolute Gasteiger partial charge is 0.00144 e. The molecular weight excluding hydrogens is 132 g/mol. The van der Waals surface area contributed by atoms with Gasteiger partial charge in [-0.1, -0.05) is 36.0 Å². The Labute approximate surface area is 68.3 Å². The van der Waals surface area contributed by atoms with E-state index in [1.807, 2.05) is 0 Å². The van der Waals surface area contributed by atoms with Gasteiger partial charge in [0.25, 0.3) is 0 Å². The maximum atomic E-state index is 2.34. The third kappa shape index (κ3) is 1.18. The van der Waals surface area contributed by atoms with Gasteiger partial charge in [-0.25, -0.2) is 0 Å². The van der Waals surface area contributed by atoms with Crippen molar-refractivity contribution < 1.29 is 0 Å². The summed E-state index contributed by atoms with van der Waals surface area (Å²) in [6, 6.07) is 0. The van der Waals surface area contributed by atoms with Crippen molar-refractivity contribution in [3.8, 4) is 0 Å². The fraction of sp³-hybridized carbons (Fsp3) is 0.455. The molecule has 58 valence electrons. The molecule has 2 aliphatic rings. The van der Waals surface area contributed by atoms with Gasteiger partial charge in [0.05, 0.1) is 0 Å². The van der Waals surface area contributed by atoms with Crippen LogP contribution in [0.2, 0.25) is 0 Å². The maximum Gasteiger partial charge on any atom is -0.00144 e. The Balaban J connectivity index is 2.27. The van der Waals surface area contributed by atoms with E-state index in [0.29, 0.717) is 0 Å². The molecule has 0 aromatic carbocycles. The van der Waals surface area contributed by atoms with Crippen molar-refractivity contribution in [1.82, 2.24) is 0 Å². The summed E-state index contributed by atoms with van der Waals surface area (Å²) in [5, 5.41) is 0. The second-order valence-corrected chi connectivity index (χ2v) is 3.44. The highest BCUT2D eigenvalue weighted by Crippen LogP contribution is 2.38. The van der Waals surface area contributed by atoms with Crippen molar-refractivity contribution in [3.63, 3.8) is 0 Å². The second kappa shape index (κ2) is 2.69. The van der Waals surface area contributed by atoms with Crippen LogP contribution in [-0.2, 0) is 0 Å². The molecule has 2 unspecified atom stereocenters. The molecule has 2 atom stereocenters. The number of fused-ring (bicyclic) bond motifs is 2. The molecule has 0 heterocycles. The minimum Gasteiger partial charge on any atom is -0.0878 e. The highest BCUT2D eigenvalue weighted by Gasteiger charge is 2.25. The molecular formula is C11H14. The molecule has 1 fully saturated rings. The molecule has 0 saturated heterocycles. The van der Waals surface area contributed by atoms with Gasteiger partial charge in [0.1, 0.15) is 0 Å². The molecule has 0 spiro atoms. The first-order chi connectivity index (χ1) is 5.40. The van der Waals surface area contributed by atoms with Gasteiger partial charge in [0.15, 0.2) is 0 Å². The molecule has 2 rings (SSSR count). The van der Waals surface area contributed by atoms with E-state index in [1.54, 1.807) is 5.57 Å². The maximum absolute atomic E-state index is 2.34. The minimum atomic E-state index is 0.750. The molecule has 0 aromatic rings. The summed E-state index contributed by atoms with van der Waals surface area (Å²) in [5.41, 5.74) is 1.63. The van der Waals surface area contributed by atoms with Crippen molar-refractivity contribution >= 4 is 0 Å². The van der Waals surface area contributed by atoms with E-state index in [0.717, 1.165) is 11.8 Å². The number of rotatable bonds is 0. The molecule has 0 amide bonds. The fourth-order valence-corrected chi connectivity index (χ4v) is 2.12. The van der Waals surface area contributed by atoms with Crippen LogP contribution in [0, 0.1) is 11.8 Å². The van der Waals surface area contributed by atoms with Crippen LogP contribution in [0.1, 0.15) is 19.8 Å². The Bertz CT molecular complexity index is 230. The average molecular weight is 146 g/mol. The first-order valence-electron chi connectivity index (χ1n) is 4.40. The molecule has 1 saturated carbocycles. The largest absolute Gasteiger partial charge is 0.0878 e. The van der Waals surface area contributed by atoms with Crippen LogP contribution < -0.4 is 0 Å². The minimum absolute atomic E-state index is 0.750. The van der Waals surface area contributed by atoms with E-state index in [2.05, 4.69) is 37.3 Å². The van der Waals surface area contributed by atoms with Crippen molar-refractivity contribution in [2.45, 2.75) is 19.8 Å². The lowest BCUT2D eigenvalue weighted by atomic mass is 10.0. The Hall–Kier alpha value is -0.780. The van der Waals surface area contributed by atoms with Gasteiger partial charge < -0.3 is 0 Å². The molecule has 0 N–H and O–H groups in total. The first-order valence-corrected chi connectivity index (χ1v) is 4.40. The normalized spacial score (nSPS) is 38.1. The monoisotopic (exact) mass is 146 g/mol. The molecule has 0 aliphatic heterocycles. The van der Waals surface area contributed by atoms with Gasteiger partial charge in [0, 0.05) is 0 Å². The second-order valence-electron chi connectivity index (χ2n) is 3.44. The summed E-state index contributed by atoms with van der Waals surface area (Å²) in [7, 11) is 0. The van der Waals surface area contributed by atoms with E-state index in [4.69, 9.17) is 0 Å². The molecule has 2 aliphatic carbocycles. The lowest BCUT2D eigenvalue weighted by Crippen LogP contribution is -1.89. The lowest BCUT2D eigenvalue weighted by Gasteiger charge is -2.03. The SMILES string of the molecule is C/C=C1/CC2C=CC=CC1C2. The highest BCUT2D eigenvalue weighted by atomic mass is 14.3. The van der Waals surface area contributed by atoms with E-state index < -0.39 is 0 Å². The van der Waals surface area contributed by atoms with Crippen molar-refractivity contribution in [2.24, 2.45) is 11.8 Å². The Morgan fingerprint density at radius 2 is 2.18 bits per heavy atom. The number of hydrogen-bond acceptors (Lipinski definition) is 0. The summed E-state index contributed by atoms with van der Waals surface area (Å²) in [6.07, 6.45) is 14.0. The molecule has 11 heavy (non-hydrogen) atoms. The molecule has 0 heteroatoms. The lowest BCUT2D eigenvalue weighted by molar-refractivity contribution is 0.651. The zero-order valence-corrected chi connectivity index (χ0v) is 6.96. The van der Waals surface area contributed by atoms with Crippen LogP contribution in [0.3, 0.4) is 0 Å². The Morgan fingerprint density at radius 1 is 1.36 bits per heavy atom. The Kier molecular flexibility index (Phi) is 1.69. The zero-order valence-electron chi connectivity index (χ0n) is 6.96. The molecule has 0 nitrogen and oxygen atoms in total. The molecule has 0 aromatic heterocycles. The predicted molar refractivity (Wildman–Crippen MR) is 48.3 cm³/mol. The van der Waals surface area contributed by atoms with Crippen LogP contribution in [0.15, 0.2) is 36.0 Å². The van der Waals surface area contributed by atoms with Crippen LogP contribution in [0.5, 0.6) is 0 Å². The average Bonchev–Trinajstić information content (AvgIpc) is 2.22. The van der Waals surface area contributed by atoms with Crippen molar-refractivity contribution in [2.75, 3.05) is 0 Å². The first kappa shape index (κ1) is 6.90. The van der Waals surface area contributed by atoms with Crippen LogP contribution in [-0.4, -0.2) is 0 Å². The third-order valence-corrected chi connectivity index (χ3v) is 2.74. The Morgan fingerprint density at radius 3 is 3.00 bits per heavy atom. The van der Waals surface area contributed by atoms with Crippen molar-refractivity contribution in [3.05, 3.63) is 36.0 Å². The number of allylic oxidation sites excluding steroid dienone is 6. The van der Waals surface area contributed by atoms with Crippen LogP contribution in [0.4, 0.5) is 0 Å². The van der Waals surface area contributed by atoms with Gasteiger partial charge in [-0.05, 0) is 31.6 Å². The summed E-state index contributed by atoms with van der Waals surface area (Å²) >= 11 is 0. The van der Waals surface area contributed by atoms with Gasteiger partial charge in [0.2, 0.25) is 0 Å². The van der Waals surface area contributed by atoms with Gasteiger partial charge in [-0.3, -0.25) is 0 Å². The van der Waals surface area contributed by atoms with Gasteiger partial charge in [-0.15, -0.1) is 0 Å². The highest BCUT2D eigenvalue weighted by molar-refractivity contribution is 5.26. The topological polar surface area (TPSA) is 0 Å². The summed E-state index contributed by atoms with van der Waals surface area (Å²) < 4.78 is 0. The summed E-state index contributed by atoms with van der Waals surface area (Å²) in [5.74, 6) is 1.57. The van der Waals surface area contributed by atoms with Crippen molar-refractivity contribution in [1.29, 1.82) is 0 Å². The van der Waals surface area contributed by atoms with E-state index in [-0.39, 0.29) is 0 Å². The predicted octanol–water partition coefficient (Wildman–Crippen LogP) is 3.08. The molecule has 2 bridgehead atoms. The molecule has 0 radical (unpaired) electrons.